The molecule has 0 aliphatic rings. The first-order chi connectivity index (χ1) is 10.4. The average molecular weight is 348 g/mol. The molecule has 0 saturated carbocycles. The first-order valence-electron chi connectivity index (χ1n) is 8.12. The number of methoxy groups -OCH3 is 1. The molecule has 7 heteroatoms. The van der Waals surface area contributed by atoms with Crippen molar-refractivity contribution < 1.29 is 23.7 Å². The zero-order valence-electron chi connectivity index (χ0n) is 15.9. The van der Waals surface area contributed by atoms with Crippen LogP contribution in [0.5, 0.6) is 0 Å². The summed E-state index contributed by atoms with van der Waals surface area (Å²) in [6, 6.07) is -0.347. The maximum atomic E-state index is 11.7. The Bertz CT molecular complexity index is 392. The van der Waals surface area contributed by atoms with Crippen LogP contribution in [-0.4, -0.2) is 45.1 Å². The molecule has 0 bridgehead atoms. The third kappa shape index (κ3) is 8.05. The van der Waals surface area contributed by atoms with E-state index in [-0.39, 0.29) is 29.3 Å². The molecule has 0 aliphatic carbocycles. The highest BCUT2D eigenvalue weighted by atomic mass is 28.4. The number of nitrogens with zero attached hydrogens (tertiary/aromatic N) is 1. The van der Waals surface area contributed by atoms with Gasteiger partial charge in [-0.2, -0.15) is 0 Å². The van der Waals surface area contributed by atoms with Crippen LogP contribution in [0.25, 0.3) is 0 Å². The van der Waals surface area contributed by atoms with Gasteiger partial charge in [-0.05, 0) is 38.4 Å². The molecule has 136 valence electrons. The Labute approximate surface area is 141 Å². The molecule has 0 spiro atoms. The first-order valence-corrected chi connectivity index (χ1v) is 11.0. The fourth-order valence-corrected chi connectivity index (χ4v) is 2.55. The Morgan fingerprint density at radius 3 is 2.17 bits per heavy atom. The van der Waals surface area contributed by atoms with Gasteiger partial charge < -0.3 is 14.1 Å². The van der Waals surface area contributed by atoms with Gasteiger partial charge in [0.25, 0.3) is 0 Å². The number of hydroxylamine groups is 2. The first kappa shape index (κ1) is 22.2. The molecule has 1 unspecified atom stereocenters. The van der Waals surface area contributed by atoms with Gasteiger partial charge in [0.05, 0.1) is 26.2 Å². The highest BCUT2D eigenvalue weighted by Crippen LogP contribution is 2.37. The second-order valence-corrected chi connectivity index (χ2v) is 11.9. The van der Waals surface area contributed by atoms with Crippen molar-refractivity contribution in [1.29, 1.82) is 0 Å². The van der Waals surface area contributed by atoms with Gasteiger partial charge in [0.2, 0.25) is 8.32 Å². The van der Waals surface area contributed by atoms with Crippen LogP contribution in [-0.2, 0) is 23.7 Å². The second-order valence-electron chi connectivity index (χ2n) is 7.23. The summed E-state index contributed by atoms with van der Waals surface area (Å²) in [5.41, 5.74) is 0. The van der Waals surface area contributed by atoms with Gasteiger partial charge in [-0.15, -0.1) is 0 Å². The summed E-state index contributed by atoms with van der Waals surface area (Å²) in [4.78, 5) is 28.7. The maximum Gasteiger partial charge on any atom is 0.307 e. The summed E-state index contributed by atoms with van der Waals surface area (Å²) in [5, 5.41) is 1.44. The van der Waals surface area contributed by atoms with E-state index in [0.717, 1.165) is 0 Å². The minimum atomic E-state index is -2.12. The highest BCUT2D eigenvalue weighted by molar-refractivity contribution is 6.74. The monoisotopic (exact) mass is 347 g/mol. The second kappa shape index (κ2) is 9.51. The van der Waals surface area contributed by atoms with E-state index in [4.69, 9.17) is 14.1 Å². The number of carbonyl (C=O) groups excluding carboxylic acids is 2. The van der Waals surface area contributed by atoms with Crippen LogP contribution in [0.2, 0.25) is 18.1 Å². The fraction of sp³-hybridized carbons (Fsp3) is 0.875. The summed E-state index contributed by atoms with van der Waals surface area (Å²) in [5.74, 6) is -0.272. The van der Waals surface area contributed by atoms with Crippen molar-refractivity contribution in [3.8, 4) is 0 Å². The van der Waals surface area contributed by atoms with Crippen LogP contribution in [0, 0.1) is 0 Å². The van der Waals surface area contributed by atoms with Crippen LogP contribution < -0.4 is 0 Å². The lowest BCUT2D eigenvalue weighted by molar-refractivity contribution is -0.347. The number of rotatable bonds is 10. The van der Waals surface area contributed by atoms with Crippen LogP contribution in [0.4, 0.5) is 0 Å². The summed E-state index contributed by atoms with van der Waals surface area (Å²) in [7, 11) is -0.770. The molecule has 0 fully saturated rings. The summed E-state index contributed by atoms with van der Waals surface area (Å²) in [6.07, 6.45) is 0.976. The number of ketones is 1. The molecule has 0 radical (unpaired) electrons. The van der Waals surface area contributed by atoms with E-state index in [2.05, 4.69) is 33.9 Å². The van der Waals surface area contributed by atoms with E-state index < -0.39 is 8.32 Å². The Morgan fingerprint density at radius 2 is 1.78 bits per heavy atom. The topological polar surface area (TPSA) is 65.1 Å². The van der Waals surface area contributed by atoms with Crippen molar-refractivity contribution in [2.24, 2.45) is 0 Å². The molecule has 0 N–H and O–H groups in total. The molecule has 0 aromatic rings. The van der Waals surface area contributed by atoms with Gasteiger partial charge in [0.1, 0.15) is 5.78 Å². The predicted octanol–water partition coefficient (Wildman–Crippen LogP) is 3.48. The third-order valence-corrected chi connectivity index (χ3v) is 8.39. The Kier molecular flexibility index (Phi) is 9.20. The van der Waals surface area contributed by atoms with Crippen molar-refractivity contribution >= 4 is 20.1 Å². The van der Waals surface area contributed by atoms with Crippen LogP contribution in [0.1, 0.15) is 53.9 Å². The molecule has 6 nitrogen and oxygen atoms in total. The van der Waals surface area contributed by atoms with Crippen molar-refractivity contribution in [3.63, 3.8) is 0 Å². The maximum absolute atomic E-state index is 11.7. The fourth-order valence-electron chi connectivity index (χ4n) is 1.62. The third-order valence-electron chi connectivity index (χ3n) is 4.14. The quantitative estimate of drug-likeness (QED) is 0.342. The molecule has 0 aliphatic heterocycles. The van der Waals surface area contributed by atoms with E-state index in [1.807, 2.05) is 6.92 Å². The molecular formula is C16H33NO5Si. The average Bonchev–Trinajstić information content (AvgIpc) is 2.41. The van der Waals surface area contributed by atoms with Crippen molar-refractivity contribution in [2.45, 2.75) is 78.1 Å². The standard InChI is InChI=1S/C16H33NO5Si/c1-9-21-17(22-23(7,8)16(3,4)5)14(11-10-13(2)18)12-15(19)20-6/h14H,9-12H2,1-8H3. The normalized spacial score (nSPS) is 14.0. The van der Waals surface area contributed by atoms with Crippen LogP contribution >= 0.6 is 0 Å². The van der Waals surface area contributed by atoms with Gasteiger partial charge in [-0.25, -0.2) is 0 Å². The molecule has 0 rings (SSSR count). The van der Waals surface area contributed by atoms with Gasteiger partial charge in [0.15, 0.2) is 0 Å². The summed E-state index contributed by atoms with van der Waals surface area (Å²) >= 11 is 0. The van der Waals surface area contributed by atoms with Crippen LogP contribution in [0.15, 0.2) is 0 Å². The molecular weight excluding hydrogens is 314 g/mol. The van der Waals surface area contributed by atoms with Gasteiger partial charge in [0, 0.05) is 6.42 Å². The van der Waals surface area contributed by atoms with E-state index in [1.54, 1.807) is 0 Å². The Morgan fingerprint density at radius 1 is 1.22 bits per heavy atom. The molecule has 0 heterocycles. The van der Waals surface area contributed by atoms with E-state index in [0.29, 0.717) is 19.4 Å². The number of hydrogen-bond donors (Lipinski definition) is 0. The SMILES string of the molecule is CCON(O[Si](C)(C)C(C)(C)C)C(CCC(C)=O)CC(=O)OC. The Hall–Kier alpha value is -0.763. The lowest BCUT2D eigenvalue weighted by Crippen LogP contribution is -2.50. The minimum absolute atomic E-state index is 0.00125. The lowest BCUT2D eigenvalue weighted by Gasteiger charge is -2.41. The number of hydrogen-bond acceptors (Lipinski definition) is 6. The molecule has 1 atom stereocenters. The minimum Gasteiger partial charge on any atom is -0.469 e. The lowest BCUT2D eigenvalue weighted by atomic mass is 10.1. The predicted molar refractivity (Wildman–Crippen MR) is 92.1 cm³/mol. The number of esters is 1. The van der Waals surface area contributed by atoms with E-state index in [9.17, 15) is 9.59 Å². The molecule has 0 saturated heterocycles. The Balaban J connectivity index is 5.24. The molecule has 0 amide bonds. The van der Waals surface area contributed by atoms with E-state index >= 15 is 0 Å². The smallest absolute Gasteiger partial charge is 0.307 e. The molecule has 23 heavy (non-hydrogen) atoms. The van der Waals surface area contributed by atoms with E-state index in [1.165, 1.54) is 19.3 Å². The zero-order chi connectivity index (χ0) is 18.3. The van der Waals surface area contributed by atoms with Gasteiger partial charge in [-0.1, -0.05) is 26.0 Å². The van der Waals surface area contributed by atoms with Crippen molar-refractivity contribution in [3.05, 3.63) is 0 Å². The van der Waals surface area contributed by atoms with Gasteiger partial charge in [-0.3, -0.25) is 9.63 Å². The summed E-state index contributed by atoms with van der Waals surface area (Å²) in [6.45, 7) is 14.4. The molecule has 0 aromatic carbocycles. The number of carbonyl (C=O) groups is 2. The molecule has 0 aromatic heterocycles. The van der Waals surface area contributed by atoms with Gasteiger partial charge >= 0.3 is 5.97 Å². The number of Topliss-reactive ketones (excluding diaryl/α,β-unsaturated/α-hetero) is 1. The largest absolute Gasteiger partial charge is 0.469 e. The number of ether oxygens (including phenoxy) is 1. The van der Waals surface area contributed by atoms with Crippen LogP contribution in [0.3, 0.4) is 0 Å². The van der Waals surface area contributed by atoms with Crippen molar-refractivity contribution in [1.82, 2.24) is 5.23 Å². The highest BCUT2D eigenvalue weighted by Gasteiger charge is 2.41. The van der Waals surface area contributed by atoms with Crippen molar-refractivity contribution in [2.75, 3.05) is 13.7 Å². The zero-order valence-corrected chi connectivity index (χ0v) is 16.9. The summed E-state index contributed by atoms with van der Waals surface area (Å²) < 4.78 is 11.0.